The zero-order valence-corrected chi connectivity index (χ0v) is 11.5. The molecule has 5 nitrogen and oxygen atoms in total. The summed E-state index contributed by atoms with van der Waals surface area (Å²) < 4.78 is 0. The number of aromatic amines is 1. The Morgan fingerprint density at radius 3 is 3.11 bits per heavy atom. The summed E-state index contributed by atoms with van der Waals surface area (Å²) in [5, 5.41) is 6.15. The fourth-order valence-corrected chi connectivity index (χ4v) is 3.07. The molecule has 2 heterocycles. The van der Waals surface area contributed by atoms with Gasteiger partial charge in [0.2, 0.25) is 5.91 Å². The number of rotatable bonds is 3. The van der Waals surface area contributed by atoms with E-state index in [4.69, 9.17) is 0 Å². The first kappa shape index (κ1) is 12.5. The number of amides is 1. The van der Waals surface area contributed by atoms with Gasteiger partial charge in [0.1, 0.15) is 5.82 Å². The number of carbonyl (C=O) groups is 1. The average Bonchev–Trinajstić information content (AvgIpc) is 3.07. The highest BCUT2D eigenvalue weighted by Gasteiger charge is 2.24. The minimum Gasteiger partial charge on any atom is -0.345 e. The normalized spacial score (nSPS) is 20.6. The Balaban J connectivity index is 1.72. The number of fused-ring (bicyclic) bond motifs is 1. The van der Waals surface area contributed by atoms with E-state index in [0.29, 0.717) is 0 Å². The van der Waals surface area contributed by atoms with Gasteiger partial charge in [0, 0.05) is 11.6 Å². The van der Waals surface area contributed by atoms with Crippen molar-refractivity contribution < 1.29 is 4.79 Å². The molecular weight excluding hydrogens is 260 g/mol. The quantitative estimate of drug-likeness (QED) is 0.792. The number of hydrogen-bond donors (Lipinski definition) is 3. The summed E-state index contributed by atoms with van der Waals surface area (Å²) in [6.45, 7) is 1.94. The fourth-order valence-electron chi connectivity index (χ4n) is 2.12. The van der Waals surface area contributed by atoms with Crippen LogP contribution in [0.25, 0.3) is 11.0 Å². The standard InChI is InChI=1S/C13H16N4OS/c1-8(15-13(18)11-6-19-7-14-11)12-16-9-4-2-3-5-10(9)17-12/h2-5,8,11,14H,6-7H2,1H3,(H,15,18)(H,16,17). The molecule has 2 unspecified atom stereocenters. The number of benzene rings is 1. The van der Waals surface area contributed by atoms with Crippen LogP contribution in [-0.2, 0) is 4.79 Å². The first-order valence-electron chi connectivity index (χ1n) is 6.30. The molecule has 0 spiro atoms. The van der Waals surface area contributed by atoms with Crippen LogP contribution in [0.15, 0.2) is 24.3 Å². The van der Waals surface area contributed by atoms with Crippen LogP contribution >= 0.6 is 11.8 Å². The maximum atomic E-state index is 12.0. The Labute approximate surface area is 115 Å². The summed E-state index contributed by atoms with van der Waals surface area (Å²) >= 11 is 1.74. The number of nitrogens with zero attached hydrogens (tertiary/aromatic N) is 1. The predicted molar refractivity (Wildman–Crippen MR) is 76.9 cm³/mol. The molecule has 2 aromatic rings. The third-order valence-corrected chi connectivity index (χ3v) is 4.15. The van der Waals surface area contributed by atoms with Gasteiger partial charge in [0.25, 0.3) is 0 Å². The molecule has 0 bridgehead atoms. The third-order valence-electron chi connectivity index (χ3n) is 3.21. The lowest BCUT2D eigenvalue weighted by Crippen LogP contribution is -2.43. The van der Waals surface area contributed by atoms with Gasteiger partial charge in [-0.25, -0.2) is 4.98 Å². The largest absolute Gasteiger partial charge is 0.345 e. The van der Waals surface area contributed by atoms with Crippen LogP contribution in [0.3, 0.4) is 0 Å². The van der Waals surface area contributed by atoms with Gasteiger partial charge in [0.15, 0.2) is 0 Å². The van der Waals surface area contributed by atoms with Gasteiger partial charge in [-0.2, -0.15) is 0 Å². The first-order chi connectivity index (χ1) is 9.24. The van der Waals surface area contributed by atoms with E-state index in [1.807, 2.05) is 31.2 Å². The van der Waals surface area contributed by atoms with Crippen LogP contribution < -0.4 is 10.6 Å². The summed E-state index contributed by atoms with van der Waals surface area (Å²) in [6.07, 6.45) is 0. The lowest BCUT2D eigenvalue weighted by Gasteiger charge is -2.15. The summed E-state index contributed by atoms with van der Waals surface area (Å²) in [5.74, 6) is 2.51. The van der Waals surface area contributed by atoms with Crippen molar-refractivity contribution in [2.45, 2.75) is 19.0 Å². The molecule has 100 valence electrons. The molecule has 1 aliphatic rings. The molecule has 1 aromatic carbocycles. The van der Waals surface area contributed by atoms with E-state index < -0.39 is 0 Å². The van der Waals surface area contributed by atoms with Crippen LogP contribution in [0.5, 0.6) is 0 Å². The van der Waals surface area contributed by atoms with Gasteiger partial charge < -0.3 is 10.3 Å². The lowest BCUT2D eigenvalue weighted by molar-refractivity contribution is -0.123. The van der Waals surface area contributed by atoms with Crippen molar-refractivity contribution in [2.24, 2.45) is 0 Å². The molecule has 1 amide bonds. The highest BCUT2D eigenvalue weighted by Crippen LogP contribution is 2.16. The second-order valence-electron chi connectivity index (χ2n) is 4.64. The summed E-state index contributed by atoms with van der Waals surface area (Å²) in [5.41, 5.74) is 1.92. The van der Waals surface area contributed by atoms with Crippen molar-refractivity contribution in [3.05, 3.63) is 30.1 Å². The predicted octanol–water partition coefficient (Wildman–Crippen LogP) is 1.40. The molecule has 1 saturated heterocycles. The van der Waals surface area contributed by atoms with Crippen molar-refractivity contribution in [3.8, 4) is 0 Å². The van der Waals surface area contributed by atoms with Crippen molar-refractivity contribution in [1.29, 1.82) is 0 Å². The van der Waals surface area contributed by atoms with Gasteiger partial charge in [0.05, 0.1) is 23.1 Å². The molecular formula is C13H16N4OS. The molecule has 19 heavy (non-hydrogen) atoms. The van der Waals surface area contributed by atoms with Gasteiger partial charge in [-0.3, -0.25) is 10.1 Å². The second kappa shape index (κ2) is 5.22. The molecule has 6 heteroatoms. The molecule has 1 fully saturated rings. The van der Waals surface area contributed by atoms with Gasteiger partial charge in [-0.05, 0) is 19.1 Å². The molecule has 1 aliphatic heterocycles. The molecule has 3 rings (SSSR count). The average molecular weight is 276 g/mol. The fraction of sp³-hybridized carbons (Fsp3) is 0.385. The lowest BCUT2D eigenvalue weighted by atomic mass is 10.2. The Hall–Kier alpha value is -1.53. The van der Waals surface area contributed by atoms with E-state index in [2.05, 4.69) is 20.6 Å². The number of imidazole rings is 1. The minimum atomic E-state index is -0.118. The van der Waals surface area contributed by atoms with E-state index in [9.17, 15) is 4.79 Å². The Morgan fingerprint density at radius 2 is 2.37 bits per heavy atom. The minimum absolute atomic E-state index is 0.0398. The van der Waals surface area contributed by atoms with E-state index in [-0.39, 0.29) is 18.0 Å². The van der Waals surface area contributed by atoms with Crippen LogP contribution in [0.2, 0.25) is 0 Å². The Morgan fingerprint density at radius 1 is 1.53 bits per heavy atom. The zero-order chi connectivity index (χ0) is 13.2. The van der Waals surface area contributed by atoms with E-state index in [0.717, 1.165) is 28.5 Å². The molecule has 0 radical (unpaired) electrons. The van der Waals surface area contributed by atoms with Crippen molar-refractivity contribution in [3.63, 3.8) is 0 Å². The number of hydrogen-bond acceptors (Lipinski definition) is 4. The number of para-hydroxylation sites is 2. The number of H-pyrrole nitrogens is 1. The maximum absolute atomic E-state index is 12.0. The van der Waals surface area contributed by atoms with Crippen molar-refractivity contribution in [2.75, 3.05) is 11.6 Å². The van der Waals surface area contributed by atoms with E-state index in [1.54, 1.807) is 11.8 Å². The Kier molecular flexibility index (Phi) is 3.44. The van der Waals surface area contributed by atoms with Crippen molar-refractivity contribution in [1.82, 2.24) is 20.6 Å². The van der Waals surface area contributed by atoms with E-state index in [1.165, 1.54) is 0 Å². The molecule has 3 N–H and O–H groups in total. The maximum Gasteiger partial charge on any atom is 0.238 e. The van der Waals surface area contributed by atoms with Crippen LogP contribution in [0, 0.1) is 0 Å². The van der Waals surface area contributed by atoms with Crippen LogP contribution in [0.4, 0.5) is 0 Å². The first-order valence-corrected chi connectivity index (χ1v) is 7.45. The summed E-state index contributed by atoms with van der Waals surface area (Å²) in [7, 11) is 0. The highest BCUT2D eigenvalue weighted by molar-refractivity contribution is 7.99. The van der Waals surface area contributed by atoms with Crippen molar-refractivity contribution >= 4 is 28.7 Å². The molecule has 2 atom stereocenters. The third kappa shape index (κ3) is 2.59. The molecule has 0 saturated carbocycles. The molecule has 1 aromatic heterocycles. The summed E-state index contributed by atoms with van der Waals surface area (Å²) in [6, 6.07) is 7.65. The second-order valence-corrected chi connectivity index (χ2v) is 5.67. The van der Waals surface area contributed by atoms with Gasteiger partial charge in [-0.1, -0.05) is 12.1 Å². The number of aromatic nitrogens is 2. The topological polar surface area (TPSA) is 69.8 Å². The number of carbonyl (C=O) groups excluding carboxylic acids is 1. The zero-order valence-electron chi connectivity index (χ0n) is 10.6. The van der Waals surface area contributed by atoms with Crippen LogP contribution in [-0.4, -0.2) is 33.5 Å². The van der Waals surface area contributed by atoms with Crippen LogP contribution in [0.1, 0.15) is 18.8 Å². The monoisotopic (exact) mass is 276 g/mol. The Bertz CT molecular complexity index is 558. The smallest absolute Gasteiger partial charge is 0.238 e. The molecule has 0 aliphatic carbocycles. The van der Waals surface area contributed by atoms with E-state index >= 15 is 0 Å². The summed E-state index contributed by atoms with van der Waals surface area (Å²) in [4.78, 5) is 19.8. The SMILES string of the molecule is CC(NC(=O)C1CSCN1)c1nc2ccccc2[nH]1. The number of thioether (sulfide) groups is 1. The van der Waals surface area contributed by atoms with Gasteiger partial charge >= 0.3 is 0 Å². The van der Waals surface area contributed by atoms with Gasteiger partial charge in [-0.15, -0.1) is 11.8 Å². The highest BCUT2D eigenvalue weighted by atomic mass is 32.2. The number of nitrogens with one attached hydrogen (secondary N) is 3.